The Bertz CT molecular complexity index is 378. The predicted octanol–water partition coefficient (Wildman–Crippen LogP) is 1.84. The largest absolute Gasteiger partial charge is 0.444 e. The quantitative estimate of drug-likeness (QED) is 0.766. The highest BCUT2D eigenvalue weighted by molar-refractivity contribution is 5.79. The van der Waals surface area contributed by atoms with Gasteiger partial charge in [-0.25, -0.2) is 4.98 Å². The third kappa shape index (κ3) is 2.32. The molecule has 1 fully saturated rings. The van der Waals surface area contributed by atoms with Crippen LogP contribution in [0, 0.1) is 13.8 Å². The lowest BCUT2D eigenvalue weighted by Crippen LogP contribution is -2.40. The zero-order valence-corrected chi connectivity index (χ0v) is 10.1. The summed E-state index contributed by atoms with van der Waals surface area (Å²) in [6.07, 6.45) is 1.31. The number of nitrogens with zero attached hydrogens (tertiary/aromatic N) is 2. The average Bonchev–Trinajstić information content (AvgIpc) is 2.51. The third-order valence-electron chi connectivity index (χ3n) is 3.24. The SMILES string of the molecule is Cc1nc(CN2CCC(=O)CC2C)oc1C. The lowest BCUT2D eigenvalue weighted by atomic mass is 10.0. The first kappa shape index (κ1) is 11.3. The second-order valence-electron chi connectivity index (χ2n) is 4.56. The number of carbonyl (C=O) groups excluding carboxylic acids is 1. The summed E-state index contributed by atoms with van der Waals surface area (Å²) >= 11 is 0. The molecule has 0 amide bonds. The van der Waals surface area contributed by atoms with E-state index in [1.54, 1.807) is 0 Å². The Morgan fingerprint density at radius 2 is 2.25 bits per heavy atom. The van der Waals surface area contributed by atoms with Gasteiger partial charge in [-0.2, -0.15) is 0 Å². The van der Waals surface area contributed by atoms with Crippen molar-refractivity contribution in [3.05, 3.63) is 17.3 Å². The number of Topliss-reactive ketones (excluding diaryl/α,β-unsaturated/α-hetero) is 1. The number of aryl methyl sites for hydroxylation is 2. The maximum Gasteiger partial charge on any atom is 0.208 e. The summed E-state index contributed by atoms with van der Waals surface area (Å²) in [5, 5.41) is 0. The summed E-state index contributed by atoms with van der Waals surface area (Å²) in [6, 6.07) is 0.300. The van der Waals surface area contributed by atoms with E-state index in [1.165, 1.54) is 0 Å². The molecule has 2 rings (SSSR count). The molecular formula is C12H18N2O2. The molecule has 1 aliphatic heterocycles. The van der Waals surface area contributed by atoms with Crippen molar-refractivity contribution in [3.8, 4) is 0 Å². The van der Waals surface area contributed by atoms with Crippen LogP contribution >= 0.6 is 0 Å². The molecule has 0 bridgehead atoms. The number of likely N-dealkylation sites (tertiary alicyclic amines) is 1. The number of hydrogen-bond donors (Lipinski definition) is 0. The van der Waals surface area contributed by atoms with Gasteiger partial charge in [0.2, 0.25) is 5.89 Å². The predicted molar refractivity (Wildman–Crippen MR) is 60.1 cm³/mol. The number of ketones is 1. The van der Waals surface area contributed by atoms with Crippen LogP contribution in [0.5, 0.6) is 0 Å². The summed E-state index contributed by atoms with van der Waals surface area (Å²) in [4.78, 5) is 17.9. The molecule has 88 valence electrons. The number of hydrogen-bond acceptors (Lipinski definition) is 4. The minimum atomic E-state index is 0.300. The Kier molecular flexibility index (Phi) is 3.10. The smallest absolute Gasteiger partial charge is 0.208 e. The molecule has 0 saturated carbocycles. The Balaban J connectivity index is 2.01. The molecule has 4 nitrogen and oxygen atoms in total. The highest BCUT2D eigenvalue weighted by Crippen LogP contribution is 2.18. The van der Waals surface area contributed by atoms with Gasteiger partial charge in [0.05, 0.1) is 12.2 Å². The Morgan fingerprint density at radius 3 is 2.81 bits per heavy atom. The highest BCUT2D eigenvalue weighted by atomic mass is 16.4. The summed E-state index contributed by atoms with van der Waals surface area (Å²) in [7, 11) is 0. The molecule has 1 unspecified atom stereocenters. The highest BCUT2D eigenvalue weighted by Gasteiger charge is 2.24. The van der Waals surface area contributed by atoms with Crippen LogP contribution in [0.1, 0.15) is 37.1 Å². The summed E-state index contributed by atoms with van der Waals surface area (Å²) in [6.45, 7) is 7.49. The van der Waals surface area contributed by atoms with Gasteiger partial charge in [0.15, 0.2) is 0 Å². The van der Waals surface area contributed by atoms with E-state index >= 15 is 0 Å². The summed E-state index contributed by atoms with van der Waals surface area (Å²) < 4.78 is 5.55. The molecule has 16 heavy (non-hydrogen) atoms. The van der Waals surface area contributed by atoms with E-state index in [4.69, 9.17) is 4.42 Å². The van der Waals surface area contributed by atoms with Crippen LogP contribution in [0.3, 0.4) is 0 Å². The van der Waals surface area contributed by atoms with Crippen molar-refractivity contribution in [1.29, 1.82) is 0 Å². The van der Waals surface area contributed by atoms with Crippen molar-refractivity contribution in [1.82, 2.24) is 9.88 Å². The molecule has 1 atom stereocenters. The minimum absolute atomic E-state index is 0.300. The van der Waals surface area contributed by atoms with E-state index in [-0.39, 0.29) is 0 Å². The van der Waals surface area contributed by atoms with Crippen molar-refractivity contribution >= 4 is 5.78 Å². The molecule has 0 radical (unpaired) electrons. The topological polar surface area (TPSA) is 46.3 Å². The molecule has 2 heterocycles. The van der Waals surface area contributed by atoms with Crippen molar-refractivity contribution in [2.24, 2.45) is 0 Å². The van der Waals surface area contributed by atoms with E-state index in [2.05, 4.69) is 16.8 Å². The van der Waals surface area contributed by atoms with Crippen molar-refractivity contribution < 1.29 is 9.21 Å². The number of piperidine rings is 1. The number of aromatic nitrogens is 1. The first-order chi connectivity index (χ1) is 7.56. The molecule has 1 aromatic heterocycles. The summed E-state index contributed by atoms with van der Waals surface area (Å²) in [5.41, 5.74) is 0.954. The number of carbonyl (C=O) groups is 1. The van der Waals surface area contributed by atoms with Gasteiger partial charge in [-0.05, 0) is 20.8 Å². The standard InChI is InChI=1S/C12H18N2O2/c1-8-6-11(15)4-5-14(8)7-12-13-9(2)10(3)16-12/h8H,4-7H2,1-3H3. The van der Waals surface area contributed by atoms with Gasteiger partial charge in [0.1, 0.15) is 11.5 Å². The Morgan fingerprint density at radius 1 is 1.50 bits per heavy atom. The molecule has 0 aromatic carbocycles. The molecule has 1 saturated heterocycles. The van der Waals surface area contributed by atoms with Gasteiger partial charge in [0.25, 0.3) is 0 Å². The van der Waals surface area contributed by atoms with Crippen LogP contribution in [0.15, 0.2) is 4.42 Å². The lowest BCUT2D eigenvalue weighted by Gasteiger charge is -2.31. The average molecular weight is 222 g/mol. The monoisotopic (exact) mass is 222 g/mol. The van der Waals surface area contributed by atoms with Gasteiger partial charge in [-0.1, -0.05) is 0 Å². The van der Waals surface area contributed by atoms with Crippen molar-refractivity contribution in [2.75, 3.05) is 6.54 Å². The van der Waals surface area contributed by atoms with Crippen LogP contribution in [0.25, 0.3) is 0 Å². The second-order valence-corrected chi connectivity index (χ2v) is 4.56. The zero-order valence-electron chi connectivity index (χ0n) is 10.1. The Hall–Kier alpha value is -1.16. The van der Waals surface area contributed by atoms with Gasteiger partial charge in [0, 0.05) is 25.4 Å². The van der Waals surface area contributed by atoms with E-state index in [0.29, 0.717) is 31.2 Å². The van der Waals surface area contributed by atoms with Gasteiger partial charge in [-0.15, -0.1) is 0 Å². The van der Waals surface area contributed by atoms with Gasteiger partial charge in [-0.3, -0.25) is 9.69 Å². The van der Waals surface area contributed by atoms with E-state index < -0.39 is 0 Å². The van der Waals surface area contributed by atoms with Crippen LogP contribution < -0.4 is 0 Å². The first-order valence-corrected chi connectivity index (χ1v) is 5.75. The fourth-order valence-corrected chi connectivity index (χ4v) is 2.06. The third-order valence-corrected chi connectivity index (χ3v) is 3.24. The minimum Gasteiger partial charge on any atom is -0.444 e. The maximum atomic E-state index is 11.3. The van der Waals surface area contributed by atoms with E-state index in [0.717, 1.165) is 23.9 Å². The van der Waals surface area contributed by atoms with Crippen LogP contribution in [-0.4, -0.2) is 28.3 Å². The van der Waals surface area contributed by atoms with E-state index in [9.17, 15) is 4.79 Å². The molecule has 0 N–H and O–H groups in total. The lowest BCUT2D eigenvalue weighted by molar-refractivity contribution is -0.123. The Labute approximate surface area is 95.6 Å². The normalized spacial score (nSPS) is 22.7. The second kappa shape index (κ2) is 4.37. The molecule has 1 aliphatic rings. The number of oxazole rings is 1. The maximum absolute atomic E-state index is 11.3. The van der Waals surface area contributed by atoms with Crippen LogP contribution in [-0.2, 0) is 11.3 Å². The van der Waals surface area contributed by atoms with Crippen LogP contribution in [0.2, 0.25) is 0 Å². The zero-order chi connectivity index (χ0) is 11.7. The fraction of sp³-hybridized carbons (Fsp3) is 0.667. The first-order valence-electron chi connectivity index (χ1n) is 5.75. The molecule has 0 spiro atoms. The van der Waals surface area contributed by atoms with Crippen LogP contribution in [0.4, 0.5) is 0 Å². The van der Waals surface area contributed by atoms with Gasteiger partial charge < -0.3 is 4.42 Å². The molecule has 4 heteroatoms. The summed E-state index contributed by atoms with van der Waals surface area (Å²) in [5.74, 6) is 2.01. The molecule has 1 aromatic rings. The molecular weight excluding hydrogens is 204 g/mol. The number of rotatable bonds is 2. The van der Waals surface area contributed by atoms with E-state index in [1.807, 2.05) is 13.8 Å². The van der Waals surface area contributed by atoms with Crippen molar-refractivity contribution in [3.63, 3.8) is 0 Å². The molecule has 0 aliphatic carbocycles. The van der Waals surface area contributed by atoms with Gasteiger partial charge >= 0.3 is 0 Å². The van der Waals surface area contributed by atoms with Crippen molar-refractivity contribution in [2.45, 2.75) is 46.2 Å². The fourth-order valence-electron chi connectivity index (χ4n) is 2.06.